The number of carbonyl (C=O) groups is 10. The van der Waals surface area contributed by atoms with Gasteiger partial charge < -0.3 is 68.4 Å². The Bertz CT molecular complexity index is 2430. The van der Waals surface area contributed by atoms with E-state index in [9.17, 15) is 58.2 Å². The van der Waals surface area contributed by atoms with Gasteiger partial charge in [-0.2, -0.15) is 0 Å². The Morgan fingerprint density at radius 2 is 1.39 bits per heavy atom. The summed E-state index contributed by atoms with van der Waals surface area (Å²) < 4.78 is 0. The fraction of sp³-hybridized carbons (Fsp3) is 0.642. The van der Waals surface area contributed by atoms with Crippen molar-refractivity contribution in [3.63, 3.8) is 0 Å². The van der Waals surface area contributed by atoms with Gasteiger partial charge in [-0.15, -0.1) is 0 Å². The summed E-state index contributed by atoms with van der Waals surface area (Å²) in [7, 11) is 0. The van der Waals surface area contributed by atoms with E-state index in [-0.39, 0.29) is 75.9 Å². The zero-order valence-electron chi connectivity index (χ0n) is 46.9. The molecule has 80 heavy (non-hydrogen) atoms. The van der Waals surface area contributed by atoms with Gasteiger partial charge in [0.05, 0.1) is 6.33 Å². The number of carbonyl (C=O) groups excluding carboxylic acids is 9. The molecule has 1 aliphatic heterocycles. The fourth-order valence-electron chi connectivity index (χ4n) is 8.97. The molecule has 442 valence electrons. The average Bonchev–Trinajstić information content (AvgIpc) is 4.17. The number of aromatic amines is 1. The second-order valence-corrected chi connectivity index (χ2v) is 20.9. The standard InChI is InChI=1S/C53H83N15O12/c1-8-32(6)45(60-33(7)69)52(79)64-39(25-30(2)3)48(75)61-37(13-9-10-21-54)47(74)62-38(19-20-43(71)72)53(80)68-24-11-14-42(68)50(77)66-44(31(4)5)51(78)65-40(26-34-15-17-36(70)18-16-34)49(76)63-41(27-35-28-56-29-58-35)46(73)57-22-12-23-59-67-55/h15-18,28-32,37-42,44-45,70H,8-14,19-27,54H2,1-7H3,(H,56,58)(H,57,73)(H,60,69)(H,61,75)(H,62,74)(H,63,76)(H,64,79)(H,65,78)(H,66,77)(H,71,72)/t32-,37-,38-,39-,40-,41-,42-,44-,45-/m0/s1. The highest BCUT2D eigenvalue weighted by molar-refractivity contribution is 5.98. The van der Waals surface area contributed by atoms with Crippen molar-refractivity contribution < 1.29 is 58.2 Å². The number of azide groups is 1. The van der Waals surface area contributed by atoms with E-state index in [1.807, 2.05) is 20.8 Å². The number of rotatable bonds is 35. The lowest BCUT2D eigenvalue weighted by atomic mass is 9.96. The molecule has 9 amide bonds. The summed E-state index contributed by atoms with van der Waals surface area (Å²) in [5.74, 6) is -8.56. The van der Waals surface area contributed by atoms with Crippen LogP contribution in [0.5, 0.6) is 5.75 Å². The lowest BCUT2D eigenvalue weighted by Crippen LogP contribution is -2.61. The molecule has 27 nitrogen and oxygen atoms in total. The summed E-state index contributed by atoms with van der Waals surface area (Å²) in [6.45, 7) is 12.4. The number of phenols is 1. The number of nitrogens with zero attached hydrogens (tertiary/aromatic N) is 5. The number of amides is 9. The van der Waals surface area contributed by atoms with Crippen molar-refractivity contribution in [1.29, 1.82) is 0 Å². The average molecular weight is 1120 g/mol. The molecular formula is C53H83N15O12. The van der Waals surface area contributed by atoms with Gasteiger partial charge in [-0.1, -0.05) is 65.2 Å². The molecule has 0 bridgehead atoms. The SMILES string of the molecule is CC[C@H](C)[C@H](NC(C)=O)C(=O)N[C@@H](CC(C)C)C(=O)N[C@@H](CCCCN)C(=O)N[C@@H](CCC(=O)O)C(=O)N1CCC[C@H]1C(=O)N[C@H](C(=O)N[C@@H](Cc1ccc(O)cc1)C(=O)N[C@@H](Cc1cnc[nH]1)C(=O)NCCCN=[N+]=[N-])C(C)C. The smallest absolute Gasteiger partial charge is 0.303 e. The molecule has 0 aliphatic carbocycles. The third kappa shape index (κ3) is 22.5. The largest absolute Gasteiger partial charge is 0.508 e. The van der Waals surface area contributed by atoms with Crippen molar-refractivity contribution in [1.82, 2.24) is 57.4 Å². The molecule has 13 N–H and O–H groups in total. The van der Waals surface area contributed by atoms with Crippen LogP contribution in [-0.2, 0) is 60.8 Å². The number of unbranched alkanes of at least 4 members (excludes halogenated alkanes) is 1. The third-order valence-corrected chi connectivity index (χ3v) is 13.5. The van der Waals surface area contributed by atoms with Crippen molar-refractivity contribution >= 4 is 59.1 Å². The van der Waals surface area contributed by atoms with Gasteiger partial charge in [-0.05, 0) is 98.9 Å². The number of carboxylic acids is 1. The van der Waals surface area contributed by atoms with E-state index in [1.54, 1.807) is 32.9 Å². The number of nitrogens with two attached hydrogens (primary N) is 1. The summed E-state index contributed by atoms with van der Waals surface area (Å²) >= 11 is 0. The summed E-state index contributed by atoms with van der Waals surface area (Å²) in [5.41, 5.74) is 15.4. The summed E-state index contributed by atoms with van der Waals surface area (Å²) in [6, 6.07) is -4.00. The van der Waals surface area contributed by atoms with Gasteiger partial charge in [-0.3, -0.25) is 47.9 Å². The van der Waals surface area contributed by atoms with Crippen LogP contribution in [0.2, 0.25) is 0 Å². The van der Waals surface area contributed by atoms with Crippen molar-refractivity contribution in [2.75, 3.05) is 26.2 Å². The predicted molar refractivity (Wildman–Crippen MR) is 293 cm³/mol. The molecule has 2 heterocycles. The van der Waals surface area contributed by atoms with Gasteiger partial charge >= 0.3 is 5.97 Å². The molecule has 0 unspecified atom stereocenters. The van der Waals surface area contributed by atoms with Crippen LogP contribution in [0.4, 0.5) is 0 Å². The maximum atomic E-state index is 14.6. The minimum atomic E-state index is -1.50. The quantitative estimate of drug-likeness (QED) is 0.0197. The van der Waals surface area contributed by atoms with E-state index in [0.29, 0.717) is 43.4 Å². The summed E-state index contributed by atoms with van der Waals surface area (Å²) in [5, 5.41) is 44.8. The Hall–Kier alpha value is -7.80. The predicted octanol–water partition coefficient (Wildman–Crippen LogP) is 0.864. The Labute approximate surface area is 466 Å². The maximum absolute atomic E-state index is 14.6. The van der Waals surface area contributed by atoms with Crippen molar-refractivity contribution in [2.45, 2.75) is 174 Å². The molecule has 9 atom stereocenters. The molecule has 1 aromatic heterocycles. The van der Waals surface area contributed by atoms with Crippen molar-refractivity contribution in [3.8, 4) is 5.75 Å². The first-order valence-electron chi connectivity index (χ1n) is 27.3. The number of hydrogen-bond donors (Lipinski definition) is 12. The van der Waals surface area contributed by atoms with E-state index < -0.39 is 126 Å². The molecule has 0 saturated carbocycles. The van der Waals surface area contributed by atoms with Crippen LogP contribution in [0.1, 0.15) is 124 Å². The molecule has 1 aromatic carbocycles. The number of hydrogen-bond acceptors (Lipinski definition) is 14. The number of aromatic hydroxyl groups is 1. The van der Waals surface area contributed by atoms with Crippen LogP contribution < -0.4 is 48.3 Å². The number of phenolic OH excluding ortho intramolecular Hbond substituents is 1. The van der Waals surface area contributed by atoms with Crippen LogP contribution in [0, 0.1) is 17.8 Å². The minimum absolute atomic E-state index is 0.0221. The Morgan fingerprint density at radius 1 is 0.775 bits per heavy atom. The zero-order valence-corrected chi connectivity index (χ0v) is 46.9. The molecule has 0 spiro atoms. The van der Waals surface area contributed by atoms with E-state index in [1.165, 1.54) is 36.5 Å². The molecule has 1 aliphatic rings. The first kappa shape index (κ1) is 66.5. The van der Waals surface area contributed by atoms with E-state index in [0.717, 1.165) is 0 Å². The van der Waals surface area contributed by atoms with Crippen LogP contribution >= 0.6 is 0 Å². The molecular weight excluding hydrogens is 1040 g/mol. The highest BCUT2D eigenvalue weighted by Crippen LogP contribution is 2.22. The first-order chi connectivity index (χ1) is 38.0. The Morgan fingerprint density at radius 3 is 1.99 bits per heavy atom. The lowest BCUT2D eigenvalue weighted by Gasteiger charge is -2.32. The van der Waals surface area contributed by atoms with E-state index >= 15 is 0 Å². The Kier molecular flexibility index (Phi) is 28.5. The molecule has 0 radical (unpaired) electrons. The number of benzene rings is 1. The van der Waals surface area contributed by atoms with Crippen LogP contribution in [0.25, 0.3) is 10.4 Å². The number of carboxylic acid groups (broad SMARTS) is 1. The number of aromatic nitrogens is 2. The van der Waals surface area contributed by atoms with Gasteiger partial charge in [0, 0.05) is 62.6 Å². The topological polar surface area (TPSA) is 414 Å². The van der Waals surface area contributed by atoms with Crippen LogP contribution in [0.15, 0.2) is 41.9 Å². The van der Waals surface area contributed by atoms with Gasteiger partial charge in [0.25, 0.3) is 0 Å². The number of imidazole rings is 1. The van der Waals surface area contributed by atoms with Gasteiger partial charge in [-0.25, -0.2) is 4.98 Å². The molecule has 1 fully saturated rings. The zero-order chi connectivity index (χ0) is 59.5. The molecule has 1 saturated heterocycles. The third-order valence-electron chi connectivity index (χ3n) is 13.5. The number of H-pyrrole nitrogens is 1. The van der Waals surface area contributed by atoms with Gasteiger partial charge in [0.1, 0.15) is 54.1 Å². The van der Waals surface area contributed by atoms with Gasteiger partial charge in [0.2, 0.25) is 53.2 Å². The normalized spacial score (nSPS) is 16.0. The Balaban J connectivity index is 1.89. The lowest BCUT2D eigenvalue weighted by molar-refractivity contribution is -0.144. The number of nitrogens with one attached hydrogen (secondary N) is 9. The van der Waals surface area contributed by atoms with Crippen molar-refractivity contribution in [3.05, 3.63) is 58.5 Å². The molecule has 3 rings (SSSR count). The van der Waals surface area contributed by atoms with Crippen molar-refractivity contribution in [2.24, 2.45) is 28.6 Å². The summed E-state index contributed by atoms with van der Waals surface area (Å²) in [6.07, 6.45) is 4.10. The maximum Gasteiger partial charge on any atom is 0.303 e. The van der Waals surface area contributed by atoms with Gasteiger partial charge in [0.15, 0.2) is 0 Å². The first-order valence-corrected chi connectivity index (χ1v) is 27.3. The van der Waals surface area contributed by atoms with E-state index in [4.69, 9.17) is 11.3 Å². The fourth-order valence-corrected chi connectivity index (χ4v) is 8.97. The summed E-state index contributed by atoms with van der Waals surface area (Å²) in [4.78, 5) is 148. The molecule has 2 aromatic rings. The second-order valence-electron chi connectivity index (χ2n) is 20.9. The van der Waals surface area contributed by atoms with Crippen LogP contribution in [0.3, 0.4) is 0 Å². The molecule has 27 heteroatoms. The van der Waals surface area contributed by atoms with E-state index in [2.05, 4.69) is 62.5 Å². The minimum Gasteiger partial charge on any atom is -0.508 e. The van der Waals surface area contributed by atoms with Crippen LogP contribution in [-0.4, -0.2) is 159 Å². The monoisotopic (exact) mass is 1120 g/mol. The highest BCUT2D eigenvalue weighted by Gasteiger charge is 2.41. The second kappa shape index (κ2) is 34.3. The number of aliphatic carboxylic acids is 1. The number of likely N-dealkylation sites (tertiary alicyclic amines) is 1. The highest BCUT2D eigenvalue weighted by atomic mass is 16.4.